The molecule has 2 rings (SSSR count). The van der Waals surface area contributed by atoms with Crippen LogP contribution in [0.4, 0.5) is 0 Å². The van der Waals surface area contributed by atoms with Gasteiger partial charge in [0.2, 0.25) is 0 Å². The maximum Gasteiger partial charge on any atom is 0.119 e. The van der Waals surface area contributed by atoms with Crippen molar-refractivity contribution < 1.29 is 9.84 Å². The van der Waals surface area contributed by atoms with Gasteiger partial charge in [0.15, 0.2) is 0 Å². The van der Waals surface area contributed by atoms with Crippen LogP contribution >= 0.6 is 0 Å². The van der Waals surface area contributed by atoms with E-state index in [4.69, 9.17) is 4.74 Å². The molecule has 0 radical (unpaired) electrons. The number of aliphatic hydroxyl groups is 1. The monoisotopic (exact) mass is 270 g/mol. The van der Waals surface area contributed by atoms with Crippen LogP contribution in [0.15, 0.2) is 48.5 Å². The van der Waals surface area contributed by atoms with Gasteiger partial charge in [-0.1, -0.05) is 43.3 Å². The fraction of sp³-hybridized carbons (Fsp3) is 0.333. The molecule has 2 aromatic rings. The van der Waals surface area contributed by atoms with Crippen LogP contribution in [0.1, 0.15) is 37.5 Å². The maximum absolute atomic E-state index is 10.9. The van der Waals surface area contributed by atoms with Crippen molar-refractivity contribution in [2.24, 2.45) is 0 Å². The van der Waals surface area contributed by atoms with Gasteiger partial charge in [0.05, 0.1) is 6.61 Å². The fourth-order valence-corrected chi connectivity index (χ4v) is 2.29. The molecule has 0 amide bonds. The molecule has 0 aliphatic heterocycles. The van der Waals surface area contributed by atoms with Crippen molar-refractivity contribution >= 4 is 0 Å². The number of benzene rings is 2. The second kappa shape index (κ2) is 6.10. The summed E-state index contributed by atoms with van der Waals surface area (Å²) in [4.78, 5) is 0. The van der Waals surface area contributed by atoms with E-state index in [0.29, 0.717) is 6.61 Å². The second-order valence-electron chi connectivity index (χ2n) is 5.08. The van der Waals surface area contributed by atoms with Crippen LogP contribution in [0.3, 0.4) is 0 Å². The molecule has 0 spiro atoms. The number of rotatable bonds is 5. The summed E-state index contributed by atoms with van der Waals surface area (Å²) in [6.45, 7) is 6.52. The first kappa shape index (κ1) is 14.6. The Hall–Kier alpha value is -1.80. The van der Waals surface area contributed by atoms with Crippen molar-refractivity contribution in [3.63, 3.8) is 0 Å². The van der Waals surface area contributed by atoms with Crippen LogP contribution in [0.5, 0.6) is 5.75 Å². The highest BCUT2D eigenvalue weighted by Crippen LogP contribution is 2.31. The van der Waals surface area contributed by atoms with Gasteiger partial charge < -0.3 is 9.84 Å². The van der Waals surface area contributed by atoms with Gasteiger partial charge in [-0.3, -0.25) is 0 Å². The van der Waals surface area contributed by atoms with E-state index in [1.807, 2.05) is 50.2 Å². The van der Waals surface area contributed by atoms with Crippen molar-refractivity contribution in [1.29, 1.82) is 0 Å². The third-order valence-corrected chi connectivity index (χ3v) is 3.63. The Balaban J connectivity index is 2.34. The van der Waals surface area contributed by atoms with E-state index in [0.717, 1.165) is 23.3 Å². The van der Waals surface area contributed by atoms with Gasteiger partial charge in [0.25, 0.3) is 0 Å². The van der Waals surface area contributed by atoms with E-state index in [-0.39, 0.29) is 0 Å². The van der Waals surface area contributed by atoms with E-state index in [2.05, 4.69) is 19.1 Å². The van der Waals surface area contributed by atoms with E-state index in [1.54, 1.807) is 0 Å². The van der Waals surface area contributed by atoms with Crippen LogP contribution in [0.25, 0.3) is 0 Å². The molecule has 0 aliphatic carbocycles. The molecule has 2 aromatic carbocycles. The zero-order valence-corrected chi connectivity index (χ0v) is 12.4. The molecule has 106 valence electrons. The summed E-state index contributed by atoms with van der Waals surface area (Å²) in [7, 11) is 0. The third kappa shape index (κ3) is 3.02. The summed E-state index contributed by atoms with van der Waals surface area (Å²) >= 11 is 0. The molecular formula is C18H22O2. The van der Waals surface area contributed by atoms with Crippen LogP contribution < -0.4 is 4.74 Å². The normalized spacial score (nSPS) is 13.8. The van der Waals surface area contributed by atoms with Crippen LogP contribution in [0.2, 0.25) is 0 Å². The van der Waals surface area contributed by atoms with E-state index < -0.39 is 5.60 Å². The predicted octanol–water partition coefficient (Wildman–Crippen LogP) is 3.90. The minimum absolute atomic E-state index is 0.622. The van der Waals surface area contributed by atoms with Gasteiger partial charge in [-0.05, 0) is 49.1 Å². The molecule has 1 atom stereocenters. The quantitative estimate of drug-likeness (QED) is 0.892. The zero-order chi connectivity index (χ0) is 14.6. The summed E-state index contributed by atoms with van der Waals surface area (Å²) in [6, 6.07) is 15.8. The first-order valence-electron chi connectivity index (χ1n) is 7.13. The lowest BCUT2D eigenvalue weighted by molar-refractivity contribution is 0.102. The summed E-state index contributed by atoms with van der Waals surface area (Å²) in [5, 5.41) is 10.9. The smallest absolute Gasteiger partial charge is 0.119 e. The van der Waals surface area contributed by atoms with Crippen LogP contribution in [-0.4, -0.2) is 11.7 Å². The van der Waals surface area contributed by atoms with Gasteiger partial charge in [-0.15, -0.1) is 0 Å². The molecule has 0 bridgehead atoms. The minimum Gasteiger partial charge on any atom is -0.494 e. The molecule has 1 unspecified atom stereocenters. The second-order valence-corrected chi connectivity index (χ2v) is 5.08. The molecule has 0 aliphatic rings. The van der Waals surface area contributed by atoms with E-state index in [9.17, 15) is 5.11 Å². The molecule has 2 nitrogen and oxygen atoms in total. The minimum atomic E-state index is -1.01. The number of hydrogen-bond donors (Lipinski definition) is 1. The van der Waals surface area contributed by atoms with Crippen molar-refractivity contribution in [1.82, 2.24) is 0 Å². The predicted molar refractivity (Wildman–Crippen MR) is 82.1 cm³/mol. The molecule has 0 aromatic heterocycles. The molecule has 1 N–H and O–H groups in total. The Bertz CT molecular complexity index is 556. The Morgan fingerprint density at radius 3 is 2.30 bits per heavy atom. The average Bonchev–Trinajstić information content (AvgIpc) is 2.48. The summed E-state index contributed by atoms with van der Waals surface area (Å²) < 4.78 is 5.50. The highest BCUT2D eigenvalue weighted by atomic mass is 16.5. The average molecular weight is 270 g/mol. The molecule has 0 saturated carbocycles. The SMILES string of the molecule is CCOc1cccc(C(C)(O)c2ccc(CC)cc2)c1. The van der Waals surface area contributed by atoms with Gasteiger partial charge in [0, 0.05) is 0 Å². The van der Waals surface area contributed by atoms with Crippen molar-refractivity contribution in [3.05, 3.63) is 65.2 Å². The Morgan fingerprint density at radius 1 is 1.00 bits per heavy atom. The Morgan fingerprint density at radius 2 is 1.70 bits per heavy atom. The Labute approximate surface area is 121 Å². The lowest BCUT2D eigenvalue weighted by atomic mass is 9.87. The van der Waals surface area contributed by atoms with Gasteiger partial charge >= 0.3 is 0 Å². The van der Waals surface area contributed by atoms with Crippen LogP contribution in [0, 0.1) is 0 Å². The van der Waals surface area contributed by atoms with Crippen molar-refractivity contribution in [3.8, 4) is 5.75 Å². The summed E-state index contributed by atoms with van der Waals surface area (Å²) in [5.74, 6) is 0.787. The summed E-state index contributed by atoms with van der Waals surface area (Å²) in [6.07, 6.45) is 1.00. The molecule has 0 fully saturated rings. The molecule has 20 heavy (non-hydrogen) atoms. The number of hydrogen-bond acceptors (Lipinski definition) is 2. The lowest BCUT2D eigenvalue weighted by Gasteiger charge is -2.25. The molecular weight excluding hydrogens is 248 g/mol. The summed E-state index contributed by atoms with van der Waals surface area (Å²) in [5.41, 5.74) is 1.99. The van der Waals surface area contributed by atoms with Crippen LogP contribution in [-0.2, 0) is 12.0 Å². The lowest BCUT2D eigenvalue weighted by Crippen LogP contribution is -2.22. The third-order valence-electron chi connectivity index (χ3n) is 3.63. The number of aryl methyl sites for hydroxylation is 1. The molecule has 0 heterocycles. The highest BCUT2D eigenvalue weighted by molar-refractivity contribution is 5.40. The van der Waals surface area contributed by atoms with E-state index >= 15 is 0 Å². The van der Waals surface area contributed by atoms with Crippen molar-refractivity contribution in [2.45, 2.75) is 32.8 Å². The zero-order valence-electron chi connectivity index (χ0n) is 12.4. The molecule has 2 heteroatoms. The van der Waals surface area contributed by atoms with Gasteiger partial charge in [0.1, 0.15) is 11.4 Å². The largest absolute Gasteiger partial charge is 0.494 e. The van der Waals surface area contributed by atoms with Crippen molar-refractivity contribution in [2.75, 3.05) is 6.61 Å². The molecule has 0 saturated heterocycles. The first-order valence-corrected chi connectivity index (χ1v) is 7.13. The van der Waals surface area contributed by atoms with Gasteiger partial charge in [-0.2, -0.15) is 0 Å². The highest BCUT2D eigenvalue weighted by Gasteiger charge is 2.25. The standard InChI is InChI=1S/C18H22O2/c1-4-14-9-11-15(12-10-14)18(3,19)16-7-6-8-17(13-16)20-5-2/h6-13,19H,4-5H2,1-3H3. The Kier molecular flexibility index (Phi) is 4.46. The maximum atomic E-state index is 10.9. The number of ether oxygens (including phenoxy) is 1. The van der Waals surface area contributed by atoms with Gasteiger partial charge in [-0.25, -0.2) is 0 Å². The fourth-order valence-electron chi connectivity index (χ4n) is 2.29. The van der Waals surface area contributed by atoms with E-state index in [1.165, 1.54) is 5.56 Å². The first-order chi connectivity index (χ1) is 9.57. The topological polar surface area (TPSA) is 29.5 Å².